The maximum absolute atomic E-state index is 4.69. The Morgan fingerprint density at radius 2 is 2.24 bits per heavy atom. The zero-order valence-electron chi connectivity index (χ0n) is 13.6. The van der Waals surface area contributed by atoms with Crippen molar-refractivity contribution in [1.82, 2.24) is 15.2 Å². The van der Waals surface area contributed by atoms with Gasteiger partial charge in [0.15, 0.2) is 0 Å². The van der Waals surface area contributed by atoms with Crippen molar-refractivity contribution in [2.45, 2.75) is 45.3 Å². The lowest BCUT2D eigenvalue weighted by Gasteiger charge is -2.37. The smallest absolute Gasteiger partial charge is 0.133 e. The summed E-state index contributed by atoms with van der Waals surface area (Å²) in [6, 6.07) is 3.29. The minimum absolute atomic E-state index is 0.479. The summed E-state index contributed by atoms with van der Waals surface area (Å²) in [5.74, 6) is 1.14. The van der Waals surface area contributed by atoms with Gasteiger partial charge in [-0.15, -0.1) is 0 Å². The maximum atomic E-state index is 4.69. The molecule has 0 aliphatic carbocycles. The molecule has 0 radical (unpaired) electrons. The Bertz CT molecular complexity index is 462. The van der Waals surface area contributed by atoms with Gasteiger partial charge in [0, 0.05) is 48.0 Å². The fourth-order valence-electron chi connectivity index (χ4n) is 2.77. The highest BCUT2D eigenvalue weighted by Crippen LogP contribution is 2.25. The van der Waals surface area contributed by atoms with Crippen LogP contribution in [0.3, 0.4) is 0 Å². The first-order valence-corrected chi connectivity index (χ1v) is 8.56. The molecule has 1 aromatic heterocycles. The number of rotatable bonds is 5. The van der Waals surface area contributed by atoms with Crippen LogP contribution in [0.15, 0.2) is 16.7 Å². The highest BCUT2D eigenvalue weighted by atomic mass is 79.9. The van der Waals surface area contributed by atoms with E-state index in [0.29, 0.717) is 12.1 Å². The zero-order valence-corrected chi connectivity index (χ0v) is 15.2. The van der Waals surface area contributed by atoms with Crippen LogP contribution < -0.4 is 10.2 Å². The zero-order chi connectivity index (χ0) is 15.4. The van der Waals surface area contributed by atoms with Crippen molar-refractivity contribution in [3.8, 4) is 0 Å². The molecular weight excluding hydrogens is 328 g/mol. The number of hydrogen-bond donors (Lipinski definition) is 1. The second-order valence-electron chi connectivity index (χ2n) is 6.38. The molecule has 0 amide bonds. The quantitative estimate of drug-likeness (QED) is 0.880. The van der Waals surface area contributed by atoms with E-state index in [2.05, 4.69) is 65.1 Å². The molecule has 2 rings (SSSR count). The van der Waals surface area contributed by atoms with Gasteiger partial charge in [0.25, 0.3) is 0 Å². The van der Waals surface area contributed by atoms with Gasteiger partial charge in [-0.05, 0) is 48.9 Å². The van der Waals surface area contributed by atoms with Crippen molar-refractivity contribution in [2.24, 2.45) is 0 Å². The first-order chi connectivity index (χ1) is 9.97. The topological polar surface area (TPSA) is 31.4 Å². The molecule has 1 saturated heterocycles. The fourth-order valence-corrected chi connectivity index (χ4v) is 3.15. The van der Waals surface area contributed by atoms with Crippen LogP contribution in [0.2, 0.25) is 0 Å². The Morgan fingerprint density at radius 1 is 1.48 bits per heavy atom. The molecule has 1 N–H and O–H groups in total. The van der Waals surface area contributed by atoms with Crippen molar-refractivity contribution >= 4 is 21.7 Å². The van der Waals surface area contributed by atoms with E-state index >= 15 is 0 Å². The third kappa shape index (κ3) is 4.66. The van der Waals surface area contributed by atoms with Crippen LogP contribution in [-0.4, -0.2) is 49.2 Å². The molecule has 4 nitrogen and oxygen atoms in total. The SMILES string of the molecule is CC(C)NCc1cc(Br)cnc1N1CCCC(N(C)C)C1. The monoisotopic (exact) mass is 354 g/mol. The Kier molecular flexibility index (Phi) is 6.02. The largest absolute Gasteiger partial charge is 0.355 e. The van der Waals surface area contributed by atoms with Crippen LogP contribution in [0.5, 0.6) is 0 Å². The summed E-state index contributed by atoms with van der Waals surface area (Å²) in [6.07, 6.45) is 4.42. The first kappa shape index (κ1) is 16.7. The van der Waals surface area contributed by atoms with Gasteiger partial charge in [0.1, 0.15) is 5.82 Å². The van der Waals surface area contributed by atoms with Crippen molar-refractivity contribution in [2.75, 3.05) is 32.1 Å². The molecule has 0 saturated carbocycles. The predicted octanol–water partition coefficient (Wildman–Crippen LogP) is 2.87. The summed E-state index contributed by atoms with van der Waals surface area (Å²) >= 11 is 3.55. The van der Waals surface area contributed by atoms with Gasteiger partial charge in [-0.1, -0.05) is 13.8 Å². The summed E-state index contributed by atoms with van der Waals surface area (Å²) in [6.45, 7) is 7.38. The van der Waals surface area contributed by atoms with Gasteiger partial charge in [-0.2, -0.15) is 0 Å². The number of likely N-dealkylation sites (N-methyl/N-ethyl adjacent to an activating group) is 1. The van der Waals surface area contributed by atoms with E-state index in [-0.39, 0.29) is 0 Å². The number of hydrogen-bond acceptors (Lipinski definition) is 4. The van der Waals surface area contributed by atoms with Gasteiger partial charge in [-0.25, -0.2) is 4.98 Å². The van der Waals surface area contributed by atoms with Gasteiger partial charge in [0.2, 0.25) is 0 Å². The minimum atomic E-state index is 0.479. The lowest BCUT2D eigenvalue weighted by molar-refractivity contribution is 0.257. The van der Waals surface area contributed by atoms with Gasteiger partial charge >= 0.3 is 0 Å². The fraction of sp³-hybridized carbons (Fsp3) is 0.688. The highest BCUT2D eigenvalue weighted by molar-refractivity contribution is 9.10. The number of nitrogens with one attached hydrogen (secondary N) is 1. The number of nitrogens with zero attached hydrogens (tertiary/aromatic N) is 3. The Morgan fingerprint density at radius 3 is 2.90 bits per heavy atom. The predicted molar refractivity (Wildman–Crippen MR) is 92.8 cm³/mol. The molecule has 1 fully saturated rings. The molecule has 0 bridgehead atoms. The average molecular weight is 355 g/mol. The van der Waals surface area contributed by atoms with Crippen LogP contribution in [0.25, 0.3) is 0 Å². The van der Waals surface area contributed by atoms with Crippen LogP contribution in [0, 0.1) is 0 Å². The summed E-state index contributed by atoms with van der Waals surface area (Å²) in [5, 5.41) is 3.50. The molecule has 1 aromatic rings. The average Bonchev–Trinajstić information content (AvgIpc) is 2.45. The van der Waals surface area contributed by atoms with Gasteiger partial charge < -0.3 is 15.1 Å². The molecule has 1 unspecified atom stereocenters. The van der Waals surface area contributed by atoms with Crippen molar-refractivity contribution in [3.63, 3.8) is 0 Å². The van der Waals surface area contributed by atoms with E-state index in [4.69, 9.17) is 4.98 Å². The van der Waals surface area contributed by atoms with E-state index in [1.807, 2.05) is 6.20 Å². The van der Waals surface area contributed by atoms with E-state index < -0.39 is 0 Å². The number of anilines is 1. The van der Waals surface area contributed by atoms with E-state index in [1.54, 1.807) is 0 Å². The summed E-state index contributed by atoms with van der Waals surface area (Å²) < 4.78 is 1.05. The molecule has 0 aromatic carbocycles. The Labute approximate surface area is 137 Å². The van der Waals surface area contributed by atoms with E-state index in [0.717, 1.165) is 29.9 Å². The van der Waals surface area contributed by atoms with Crippen molar-refractivity contribution in [3.05, 3.63) is 22.3 Å². The van der Waals surface area contributed by atoms with Gasteiger partial charge in [0.05, 0.1) is 0 Å². The lowest BCUT2D eigenvalue weighted by Crippen LogP contribution is -2.45. The number of halogens is 1. The lowest BCUT2D eigenvalue weighted by atomic mass is 10.0. The summed E-state index contributed by atoms with van der Waals surface area (Å²) in [4.78, 5) is 9.47. The second-order valence-corrected chi connectivity index (χ2v) is 7.29. The Hall–Kier alpha value is -0.650. The number of pyridine rings is 1. The second kappa shape index (κ2) is 7.56. The summed E-state index contributed by atoms with van der Waals surface area (Å²) in [7, 11) is 4.34. The van der Waals surface area contributed by atoms with E-state index in [9.17, 15) is 0 Å². The third-order valence-corrected chi connectivity index (χ3v) is 4.47. The molecule has 21 heavy (non-hydrogen) atoms. The molecule has 5 heteroatoms. The third-order valence-electron chi connectivity index (χ3n) is 4.04. The van der Waals surface area contributed by atoms with Gasteiger partial charge in [-0.3, -0.25) is 0 Å². The molecule has 0 spiro atoms. The standard InChI is InChI=1S/C16H27BrN4/c1-12(2)18-9-13-8-14(17)10-19-16(13)21-7-5-6-15(11-21)20(3)4/h8,10,12,15,18H,5-7,9,11H2,1-4H3. The van der Waals surface area contributed by atoms with Crippen LogP contribution in [0.4, 0.5) is 5.82 Å². The van der Waals surface area contributed by atoms with Crippen LogP contribution >= 0.6 is 15.9 Å². The highest BCUT2D eigenvalue weighted by Gasteiger charge is 2.24. The Balaban J connectivity index is 2.17. The molecule has 1 atom stereocenters. The molecular formula is C16H27BrN4. The first-order valence-electron chi connectivity index (χ1n) is 7.76. The van der Waals surface area contributed by atoms with Crippen LogP contribution in [-0.2, 0) is 6.54 Å². The normalized spacial score (nSPS) is 19.6. The number of piperidine rings is 1. The molecule has 1 aliphatic rings. The molecule has 2 heterocycles. The maximum Gasteiger partial charge on any atom is 0.133 e. The van der Waals surface area contributed by atoms with E-state index in [1.165, 1.54) is 18.4 Å². The van der Waals surface area contributed by atoms with Crippen LogP contribution in [0.1, 0.15) is 32.3 Å². The molecule has 1 aliphatic heterocycles. The summed E-state index contributed by atoms with van der Waals surface area (Å²) in [5.41, 5.74) is 1.28. The van der Waals surface area contributed by atoms with Crippen molar-refractivity contribution < 1.29 is 0 Å². The minimum Gasteiger partial charge on any atom is -0.355 e. The number of aromatic nitrogens is 1. The van der Waals surface area contributed by atoms with Crippen molar-refractivity contribution in [1.29, 1.82) is 0 Å². The molecule has 118 valence electrons.